The third-order valence-electron chi connectivity index (χ3n) is 2.88. The van der Waals surface area contributed by atoms with E-state index in [4.69, 9.17) is 9.47 Å². The molecule has 1 N–H and O–H groups in total. The minimum atomic E-state index is -0.809. The number of nitrogens with zero attached hydrogens (tertiary/aromatic N) is 1. The highest BCUT2D eigenvalue weighted by Crippen LogP contribution is 2.25. The summed E-state index contributed by atoms with van der Waals surface area (Å²) in [5, 5.41) is 13.4. The molecule has 0 aliphatic carbocycles. The van der Waals surface area contributed by atoms with Gasteiger partial charge < -0.3 is 14.8 Å². The van der Waals surface area contributed by atoms with Crippen LogP contribution in [0.2, 0.25) is 0 Å². The van der Waals surface area contributed by atoms with Crippen LogP contribution in [-0.4, -0.2) is 30.0 Å². The Hall–Kier alpha value is -2.69. The Balaban J connectivity index is 1.79. The molecule has 0 heterocycles. The first-order valence-electron chi connectivity index (χ1n) is 7.03. The lowest BCUT2D eigenvalue weighted by Gasteiger charge is -2.08. The van der Waals surface area contributed by atoms with Crippen LogP contribution in [0.4, 0.5) is 11.4 Å². The van der Waals surface area contributed by atoms with Crippen LogP contribution in [0.3, 0.4) is 0 Å². The van der Waals surface area contributed by atoms with Crippen molar-refractivity contribution in [1.82, 2.24) is 0 Å². The van der Waals surface area contributed by atoms with Gasteiger partial charge in [0, 0.05) is 15.3 Å². The van der Waals surface area contributed by atoms with E-state index in [1.165, 1.54) is 18.2 Å². The van der Waals surface area contributed by atoms with E-state index in [2.05, 4.69) is 27.9 Å². The molecule has 130 valence electrons. The van der Waals surface area contributed by atoms with Crippen LogP contribution >= 0.6 is 22.6 Å². The smallest absolute Gasteiger partial charge is 0.344 e. The Morgan fingerprint density at radius 3 is 2.60 bits per heavy atom. The number of esters is 1. The maximum atomic E-state index is 11.7. The number of carbonyl (C=O) groups excluding carboxylic acids is 2. The molecule has 0 saturated heterocycles. The van der Waals surface area contributed by atoms with Crippen molar-refractivity contribution in [1.29, 1.82) is 0 Å². The summed E-state index contributed by atoms with van der Waals surface area (Å²) < 4.78 is 10.8. The van der Waals surface area contributed by atoms with Crippen LogP contribution in [0.5, 0.6) is 5.75 Å². The molecule has 0 aliphatic heterocycles. The van der Waals surface area contributed by atoms with Crippen molar-refractivity contribution in [3.05, 3.63) is 62.2 Å². The second kappa shape index (κ2) is 8.97. The lowest BCUT2D eigenvalue weighted by molar-refractivity contribution is -0.385. The van der Waals surface area contributed by atoms with Gasteiger partial charge in [-0.05, 0) is 46.9 Å². The lowest BCUT2D eigenvalue weighted by atomic mass is 10.3. The molecule has 8 nitrogen and oxygen atoms in total. The summed E-state index contributed by atoms with van der Waals surface area (Å²) in [7, 11) is 0. The van der Waals surface area contributed by atoms with Gasteiger partial charge in [0.1, 0.15) is 0 Å². The van der Waals surface area contributed by atoms with Crippen LogP contribution in [0, 0.1) is 13.7 Å². The molecule has 0 saturated carbocycles. The number of anilines is 1. The number of benzene rings is 2. The maximum Gasteiger partial charge on any atom is 0.344 e. The molecule has 0 spiro atoms. The predicted molar refractivity (Wildman–Crippen MR) is 97.3 cm³/mol. The summed E-state index contributed by atoms with van der Waals surface area (Å²) in [5.74, 6) is -1.36. The molecule has 0 atom stereocenters. The Morgan fingerprint density at radius 2 is 1.88 bits per heavy atom. The van der Waals surface area contributed by atoms with Gasteiger partial charge in [-0.2, -0.15) is 0 Å². The Labute approximate surface area is 156 Å². The lowest BCUT2D eigenvalue weighted by Crippen LogP contribution is -2.23. The van der Waals surface area contributed by atoms with Crippen molar-refractivity contribution < 1.29 is 24.0 Å². The average Bonchev–Trinajstić information content (AvgIpc) is 2.58. The summed E-state index contributed by atoms with van der Waals surface area (Å²) in [5.41, 5.74) is 0.329. The minimum Gasteiger partial charge on any atom is -0.475 e. The molecule has 0 aliphatic rings. The van der Waals surface area contributed by atoms with Crippen LogP contribution < -0.4 is 10.1 Å². The Bertz CT molecular complexity index is 796. The average molecular weight is 456 g/mol. The summed E-state index contributed by atoms with van der Waals surface area (Å²) in [6, 6.07) is 12.8. The highest BCUT2D eigenvalue weighted by molar-refractivity contribution is 14.1. The van der Waals surface area contributed by atoms with Crippen molar-refractivity contribution in [2.75, 3.05) is 18.5 Å². The van der Waals surface area contributed by atoms with E-state index in [-0.39, 0.29) is 11.4 Å². The van der Waals surface area contributed by atoms with Crippen LogP contribution in [0.1, 0.15) is 0 Å². The third kappa shape index (κ3) is 6.03. The number of halogens is 1. The van der Waals surface area contributed by atoms with E-state index in [1.54, 1.807) is 24.3 Å². The van der Waals surface area contributed by atoms with Gasteiger partial charge >= 0.3 is 11.7 Å². The molecule has 2 aromatic carbocycles. The molecule has 25 heavy (non-hydrogen) atoms. The van der Waals surface area contributed by atoms with Crippen LogP contribution in [-0.2, 0) is 14.3 Å². The summed E-state index contributed by atoms with van der Waals surface area (Å²) in [4.78, 5) is 33.6. The molecule has 2 rings (SSSR count). The van der Waals surface area contributed by atoms with E-state index < -0.39 is 30.0 Å². The van der Waals surface area contributed by atoms with Gasteiger partial charge in [0.25, 0.3) is 5.91 Å². The molecule has 0 fully saturated rings. The van der Waals surface area contributed by atoms with Gasteiger partial charge in [0.05, 0.1) is 4.92 Å². The number of rotatable bonds is 7. The number of hydrogen-bond donors (Lipinski definition) is 1. The number of nitrogens with one attached hydrogen (secondary N) is 1. The Kier molecular flexibility index (Phi) is 6.69. The van der Waals surface area contributed by atoms with Gasteiger partial charge in [-0.15, -0.1) is 0 Å². The quantitative estimate of drug-likeness (QED) is 0.297. The molecule has 0 aromatic heterocycles. The molecule has 2 aromatic rings. The molecule has 0 bridgehead atoms. The number of nitro benzene ring substituents is 1. The van der Waals surface area contributed by atoms with Crippen molar-refractivity contribution in [3.8, 4) is 5.75 Å². The number of nitro groups is 1. The van der Waals surface area contributed by atoms with Gasteiger partial charge in [-0.25, -0.2) is 4.79 Å². The number of carbonyl (C=O) groups is 2. The van der Waals surface area contributed by atoms with Crippen molar-refractivity contribution >= 4 is 45.8 Å². The highest BCUT2D eigenvalue weighted by atomic mass is 127. The van der Waals surface area contributed by atoms with Crippen molar-refractivity contribution in [2.45, 2.75) is 0 Å². The van der Waals surface area contributed by atoms with E-state index >= 15 is 0 Å². The standard InChI is InChI=1S/C16H13IN2O6/c17-11-4-3-5-12(8-11)18-15(20)9-25-16(21)10-24-14-7-2-1-6-13(14)19(22)23/h1-8H,9-10H2,(H,18,20). The fourth-order valence-corrected chi connectivity index (χ4v) is 2.36. The zero-order valence-corrected chi connectivity index (χ0v) is 15.0. The largest absolute Gasteiger partial charge is 0.475 e. The summed E-state index contributed by atoms with van der Waals surface area (Å²) in [6.45, 7) is -1.02. The fraction of sp³-hybridized carbons (Fsp3) is 0.125. The topological polar surface area (TPSA) is 108 Å². The summed E-state index contributed by atoms with van der Waals surface area (Å²) in [6.07, 6.45) is 0. The second-order valence-electron chi connectivity index (χ2n) is 4.73. The second-order valence-corrected chi connectivity index (χ2v) is 5.98. The number of ether oxygens (including phenoxy) is 2. The first kappa shape index (κ1) is 18.6. The van der Waals surface area contributed by atoms with Crippen molar-refractivity contribution in [2.24, 2.45) is 0 Å². The zero-order valence-electron chi connectivity index (χ0n) is 12.8. The van der Waals surface area contributed by atoms with Crippen LogP contribution in [0.25, 0.3) is 0 Å². The fourth-order valence-electron chi connectivity index (χ4n) is 1.82. The van der Waals surface area contributed by atoms with Gasteiger partial charge in [-0.3, -0.25) is 14.9 Å². The van der Waals surface area contributed by atoms with E-state index in [1.807, 2.05) is 6.07 Å². The number of para-hydroxylation sites is 2. The van der Waals surface area contributed by atoms with Crippen LogP contribution in [0.15, 0.2) is 48.5 Å². The minimum absolute atomic E-state index is 0.0484. The predicted octanol–water partition coefficient (Wildman–Crippen LogP) is 2.76. The third-order valence-corrected chi connectivity index (χ3v) is 3.55. The van der Waals surface area contributed by atoms with Gasteiger partial charge in [0.15, 0.2) is 19.0 Å². The molecule has 9 heteroatoms. The molecule has 0 unspecified atom stereocenters. The Morgan fingerprint density at radius 1 is 1.12 bits per heavy atom. The molecular weight excluding hydrogens is 443 g/mol. The summed E-state index contributed by atoms with van der Waals surface area (Å²) >= 11 is 2.11. The van der Waals surface area contributed by atoms with Gasteiger partial charge in [0.2, 0.25) is 0 Å². The zero-order chi connectivity index (χ0) is 18.2. The normalized spacial score (nSPS) is 9.96. The molecular formula is C16H13IN2O6. The first-order valence-corrected chi connectivity index (χ1v) is 8.11. The van der Waals surface area contributed by atoms with E-state index in [9.17, 15) is 19.7 Å². The first-order chi connectivity index (χ1) is 12.0. The monoisotopic (exact) mass is 456 g/mol. The molecule has 1 amide bonds. The highest BCUT2D eigenvalue weighted by Gasteiger charge is 2.16. The molecule has 0 radical (unpaired) electrons. The van der Waals surface area contributed by atoms with E-state index in [0.717, 1.165) is 3.57 Å². The number of amides is 1. The SMILES string of the molecule is O=C(COC(=O)COc1ccccc1[N+](=O)[O-])Nc1cccc(I)c1. The van der Waals surface area contributed by atoms with Gasteiger partial charge in [-0.1, -0.05) is 18.2 Å². The van der Waals surface area contributed by atoms with Crippen molar-refractivity contribution in [3.63, 3.8) is 0 Å². The van der Waals surface area contributed by atoms with E-state index in [0.29, 0.717) is 5.69 Å². The maximum absolute atomic E-state index is 11.7. The number of hydrogen-bond acceptors (Lipinski definition) is 6.